The van der Waals surface area contributed by atoms with E-state index in [1.54, 1.807) is 9.78 Å². The van der Waals surface area contributed by atoms with Gasteiger partial charge in [-0.25, -0.2) is 14.8 Å². The maximum atomic E-state index is 11.6. The molecule has 3 aliphatic heterocycles. The number of aryl methyl sites for hydroxylation is 1. The van der Waals surface area contributed by atoms with Crippen molar-refractivity contribution in [3.63, 3.8) is 0 Å². The van der Waals surface area contributed by atoms with Crippen LogP contribution in [0.15, 0.2) is 18.5 Å². The highest BCUT2D eigenvalue weighted by molar-refractivity contribution is 7.12. The molecule has 2 amide bonds. The average molecular weight is 487 g/mol. The summed E-state index contributed by atoms with van der Waals surface area (Å²) in [6, 6.07) is 2.41. The van der Waals surface area contributed by atoms with Gasteiger partial charge in [-0.2, -0.15) is 0 Å². The lowest BCUT2D eigenvalue weighted by Gasteiger charge is -2.44. The van der Waals surface area contributed by atoms with Crippen LogP contribution in [0.1, 0.15) is 54.5 Å². The number of nitrogens with zero attached hydrogens (tertiary/aromatic N) is 4. The predicted octanol–water partition coefficient (Wildman–Crippen LogP) is 3.63. The van der Waals surface area contributed by atoms with Gasteiger partial charge in [0.1, 0.15) is 0 Å². The van der Waals surface area contributed by atoms with Crippen LogP contribution in [-0.4, -0.2) is 71.7 Å². The van der Waals surface area contributed by atoms with E-state index >= 15 is 0 Å². The monoisotopic (exact) mass is 486 g/mol. The molecule has 1 spiro atoms. The van der Waals surface area contributed by atoms with Crippen molar-refractivity contribution in [3.8, 4) is 0 Å². The van der Waals surface area contributed by atoms with E-state index < -0.39 is 0 Å². The molecule has 9 heteroatoms. The molecule has 3 aliphatic rings. The first-order valence-corrected chi connectivity index (χ1v) is 13.5. The van der Waals surface area contributed by atoms with Gasteiger partial charge in [-0.05, 0) is 30.9 Å². The van der Waals surface area contributed by atoms with Crippen molar-refractivity contribution >= 4 is 23.3 Å². The van der Waals surface area contributed by atoms with E-state index in [0.717, 1.165) is 70.6 Å². The minimum absolute atomic E-state index is 0.00558. The largest absolute Gasteiger partial charge is 0.370 e. The number of ether oxygens (including phenoxy) is 1. The Hall–Kier alpha value is -2.23. The third-order valence-corrected chi connectivity index (χ3v) is 8.13. The van der Waals surface area contributed by atoms with Crippen LogP contribution in [0.3, 0.4) is 0 Å². The molecular formula is C25H38N6O2S. The first-order chi connectivity index (χ1) is 16.6. The van der Waals surface area contributed by atoms with Crippen molar-refractivity contribution in [1.82, 2.24) is 25.1 Å². The Morgan fingerprint density at radius 3 is 2.65 bits per heavy atom. The lowest BCUT2D eigenvalue weighted by atomic mass is 9.82. The summed E-state index contributed by atoms with van der Waals surface area (Å²) in [5.74, 6) is 0.610. The van der Waals surface area contributed by atoms with Crippen LogP contribution < -0.4 is 10.6 Å². The van der Waals surface area contributed by atoms with Crippen molar-refractivity contribution in [2.24, 2.45) is 0 Å². The van der Waals surface area contributed by atoms with Crippen LogP contribution in [0.4, 0.5) is 10.7 Å². The zero-order valence-corrected chi connectivity index (χ0v) is 21.5. The first kappa shape index (κ1) is 24.9. The minimum atomic E-state index is -0.0788. The molecule has 5 heterocycles. The first-order valence-electron chi connectivity index (χ1n) is 12.7. The Kier molecular flexibility index (Phi) is 8.39. The number of anilines is 1. The SMILES string of the molecule is CC.CCc1cc2c(s1)CCOC21CCN(Cc2cnc(NCCN3CCNC3=O)nc2)CC1. The van der Waals surface area contributed by atoms with Crippen molar-refractivity contribution < 1.29 is 9.53 Å². The van der Waals surface area contributed by atoms with Crippen molar-refractivity contribution in [1.29, 1.82) is 0 Å². The molecule has 2 aromatic heterocycles. The molecule has 34 heavy (non-hydrogen) atoms. The molecule has 5 rings (SSSR count). The lowest BCUT2D eigenvalue weighted by molar-refractivity contribution is -0.0981. The number of likely N-dealkylation sites (tertiary alicyclic amines) is 1. The van der Waals surface area contributed by atoms with Crippen molar-refractivity contribution in [3.05, 3.63) is 39.3 Å². The van der Waals surface area contributed by atoms with Gasteiger partial charge in [0.25, 0.3) is 0 Å². The smallest absolute Gasteiger partial charge is 0.317 e. The fourth-order valence-electron chi connectivity index (χ4n) is 4.95. The van der Waals surface area contributed by atoms with Crippen LogP contribution in [0.2, 0.25) is 0 Å². The molecule has 0 aliphatic carbocycles. The highest BCUT2D eigenvalue weighted by Gasteiger charge is 2.41. The number of piperidine rings is 1. The Bertz CT molecular complexity index is 939. The number of rotatable bonds is 7. The Labute approximate surface area is 207 Å². The molecule has 2 saturated heterocycles. The summed E-state index contributed by atoms with van der Waals surface area (Å²) in [7, 11) is 0. The van der Waals surface area contributed by atoms with Gasteiger partial charge in [0.2, 0.25) is 5.95 Å². The molecule has 0 atom stereocenters. The molecule has 2 fully saturated rings. The quantitative estimate of drug-likeness (QED) is 0.622. The van der Waals surface area contributed by atoms with Crippen LogP contribution in [0, 0.1) is 0 Å². The van der Waals surface area contributed by atoms with Crippen molar-refractivity contribution in [2.75, 3.05) is 51.2 Å². The number of hydrogen-bond acceptors (Lipinski definition) is 7. The number of carbonyl (C=O) groups is 1. The van der Waals surface area contributed by atoms with Crippen LogP contribution in [0.5, 0.6) is 0 Å². The third kappa shape index (κ3) is 5.53. The second kappa shape index (κ2) is 11.5. The number of aromatic nitrogens is 2. The predicted molar refractivity (Wildman–Crippen MR) is 136 cm³/mol. The Morgan fingerprint density at radius 1 is 1.21 bits per heavy atom. The van der Waals surface area contributed by atoms with Crippen LogP contribution in [-0.2, 0) is 29.7 Å². The molecule has 0 saturated carbocycles. The molecule has 0 radical (unpaired) electrons. The zero-order valence-electron chi connectivity index (χ0n) is 20.7. The zero-order chi connectivity index (χ0) is 24.0. The molecule has 2 N–H and O–H groups in total. The summed E-state index contributed by atoms with van der Waals surface area (Å²) < 4.78 is 6.40. The van der Waals surface area contributed by atoms with E-state index in [2.05, 4.69) is 38.5 Å². The fourth-order valence-corrected chi connectivity index (χ4v) is 6.12. The highest BCUT2D eigenvalue weighted by Crippen LogP contribution is 2.44. The van der Waals surface area contributed by atoms with Gasteiger partial charge in [0, 0.05) is 79.9 Å². The van der Waals surface area contributed by atoms with E-state index in [4.69, 9.17) is 4.74 Å². The third-order valence-electron chi connectivity index (χ3n) is 6.79. The summed E-state index contributed by atoms with van der Waals surface area (Å²) in [5, 5.41) is 6.01. The van der Waals surface area contributed by atoms with Gasteiger partial charge in [0.15, 0.2) is 0 Å². The number of carbonyl (C=O) groups excluding carboxylic acids is 1. The van der Waals surface area contributed by atoms with Gasteiger partial charge >= 0.3 is 6.03 Å². The lowest BCUT2D eigenvalue weighted by Crippen LogP contribution is -2.45. The maximum absolute atomic E-state index is 11.6. The topological polar surface area (TPSA) is 82.6 Å². The number of urea groups is 1. The average Bonchev–Trinajstić information content (AvgIpc) is 3.50. The van der Waals surface area contributed by atoms with Crippen LogP contribution in [0.25, 0.3) is 0 Å². The van der Waals surface area contributed by atoms with E-state index in [-0.39, 0.29) is 11.6 Å². The standard InChI is InChI=1S/C23H32N6O2S.C2H6/c1-2-18-13-19-20(32-18)3-12-31-23(19)4-8-28(9-5-23)16-17-14-26-21(27-15-17)24-6-10-29-11-7-25-22(29)30;1-2/h13-15H,2-12,16H2,1H3,(H,25,30)(H,24,26,27);1-2H3. The summed E-state index contributed by atoms with van der Waals surface area (Å²) in [5.41, 5.74) is 2.51. The van der Waals surface area contributed by atoms with Gasteiger partial charge < -0.3 is 20.3 Å². The Balaban J connectivity index is 0.00000133. The maximum Gasteiger partial charge on any atom is 0.317 e. The number of hydrogen-bond donors (Lipinski definition) is 2. The van der Waals surface area contributed by atoms with Crippen LogP contribution >= 0.6 is 11.3 Å². The fraction of sp³-hybridized carbons (Fsp3) is 0.640. The second-order valence-electron chi connectivity index (χ2n) is 8.83. The van der Waals surface area contributed by atoms with Gasteiger partial charge in [-0.15, -0.1) is 11.3 Å². The Morgan fingerprint density at radius 2 is 1.97 bits per heavy atom. The number of amides is 2. The molecule has 0 unspecified atom stereocenters. The van der Waals surface area contributed by atoms with Gasteiger partial charge in [-0.1, -0.05) is 20.8 Å². The second-order valence-corrected chi connectivity index (χ2v) is 10.1. The molecule has 8 nitrogen and oxygen atoms in total. The van der Waals surface area contributed by atoms with E-state index in [1.807, 2.05) is 37.6 Å². The molecule has 0 aromatic carbocycles. The molecular weight excluding hydrogens is 448 g/mol. The van der Waals surface area contributed by atoms with Gasteiger partial charge in [0.05, 0.1) is 12.2 Å². The van der Waals surface area contributed by atoms with E-state index in [0.29, 0.717) is 19.0 Å². The summed E-state index contributed by atoms with van der Waals surface area (Å²) in [6.07, 6.45) is 8.08. The number of nitrogens with one attached hydrogen (secondary N) is 2. The molecule has 0 bridgehead atoms. The number of thiophene rings is 1. The van der Waals surface area contributed by atoms with Gasteiger partial charge in [-0.3, -0.25) is 4.90 Å². The molecule has 186 valence electrons. The minimum Gasteiger partial charge on any atom is -0.370 e. The molecule has 2 aromatic rings. The van der Waals surface area contributed by atoms with E-state index in [9.17, 15) is 4.79 Å². The highest BCUT2D eigenvalue weighted by atomic mass is 32.1. The normalized spacial score (nSPS) is 19.4. The van der Waals surface area contributed by atoms with E-state index in [1.165, 1.54) is 10.4 Å². The van der Waals surface area contributed by atoms with Crippen molar-refractivity contribution in [2.45, 2.75) is 58.6 Å². The summed E-state index contributed by atoms with van der Waals surface area (Å²) in [4.78, 5) is 27.8. The summed E-state index contributed by atoms with van der Waals surface area (Å²) >= 11 is 1.98. The summed E-state index contributed by atoms with van der Waals surface area (Å²) in [6.45, 7) is 12.8. The number of fused-ring (bicyclic) bond motifs is 2.